The maximum Gasteiger partial charge on any atom is 0.410 e. The van der Waals surface area contributed by atoms with E-state index in [0.717, 1.165) is 4.68 Å². The predicted molar refractivity (Wildman–Crippen MR) is 124 cm³/mol. The fourth-order valence-electron chi connectivity index (χ4n) is 3.91. The highest BCUT2D eigenvalue weighted by atomic mass is 35.5. The number of fused-ring (bicyclic) bond motifs is 1. The minimum absolute atomic E-state index is 0.0660. The summed E-state index contributed by atoms with van der Waals surface area (Å²) < 4.78 is 58.3. The highest BCUT2D eigenvalue weighted by Crippen LogP contribution is 2.44. The number of benzene rings is 2. The third kappa shape index (κ3) is 4.95. The van der Waals surface area contributed by atoms with Crippen molar-refractivity contribution in [1.29, 1.82) is 0 Å². The second-order valence-electron chi connectivity index (χ2n) is 7.77. The molecule has 0 radical (unpaired) electrons. The molecule has 4 rings (SSSR count). The van der Waals surface area contributed by atoms with Crippen LogP contribution in [-0.2, 0) is 0 Å². The molecule has 0 saturated heterocycles. The summed E-state index contributed by atoms with van der Waals surface area (Å²) in [4.78, 5) is 12.8. The average Bonchev–Trinajstić information content (AvgIpc) is 3.27. The topological polar surface area (TPSA) is 86.6 Å². The number of carbonyl (C=O) groups is 1. The first-order valence-corrected chi connectivity index (χ1v) is 10.8. The van der Waals surface area contributed by atoms with E-state index >= 15 is 0 Å². The molecule has 1 aliphatic rings. The minimum atomic E-state index is -4.59. The van der Waals surface area contributed by atoms with Gasteiger partial charge in [0.25, 0.3) is 5.91 Å². The number of hydrogen-bond acceptors (Lipinski definition) is 6. The summed E-state index contributed by atoms with van der Waals surface area (Å²) in [5.41, 5.74) is 0.736. The van der Waals surface area contributed by atoms with E-state index in [-0.39, 0.29) is 23.0 Å². The third-order valence-corrected chi connectivity index (χ3v) is 5.94. The number of amides is 1. The highest BCUT2D eigenvalue weighted by molar-refractivity contribution is 6.32. The summed E-state index contributed by atoms with van der Waals surface area (Å²) in [6.45, 7) is 0. The van der Waals surface area contributed by atoms with Crippen molar-refractivity contribution in [3.63, 3.8) is 0 Å². The largest absolute Gasteiger partial charge is 0.495 e. The average molecular weight is 511 g/mol. The molecule has 2 heterocycles. The van der Waals surface area contributed by atoms with E-state index in [1.165, 1.54) is 33.5 Å². The van der Waals surface area contributed by atoms with Crippen LogP contribution in [0.25, 0.3) is 0 Å². The third-order valence-electron chi connectivity index (χ3n) is 5.64. The fraction of sp³-hybridized carbons (Fsp3) is 0.304. The van der Waals surface area contributed by atoms with Gasteiger partial charge in [-0.1, -0.05) is 17.7 Å². The lowest BCUT2D eigenvalue weighted by atomic mass is 9.96. The van der Waals surface area contributed by atoms with Gasteiger partial charge in [-0.2, -0.15) is 18.3 Å². The Labute approximate surface area is 203 Å². The van der Waals surface area contributed by atoms with Gasteiger partial charge in [0.15, 0.2) is 23.2 Å². The normalized spacial score (nSPS) is 17.2. The molecule has 0 bridgehead atoms. The number of methoxy groups -OCH3 is 3. The first kappa shape index (κ1) is 24.5. The standard InChI is InChI=1S/C23H22ClF3N4O4/c1-33-17-7-5-13(9-14(17)24)28-22(32)16-11-21-29-15(10-20(23(25,26)27)31(21)30-16)12-4-6-18(34-2)19(8-12)35-3/h4-9,11,15,20,29H,10H2,1-3H3,(H,28,32)/t15-,20-/m1/s1. The summed E-state index contributed by atoms with van der Waals surface area (Å²) in [7, 11) is 4.37. The van der Waals surface area contributed by atoms with Crippen molar-refractivity contribution in [2.45, 2.75) is 24.7 Å². The van der Waals surface area contributed by atoms with E-state index in [4.69, 9.17) is 25.8 Å². The minimum Gasteiger partial charge on any atom is -0.495 e. The summed E-state index contributed by atoms with van der Waals surface area (Å²) in [5, 5.41) is 9.87. The molecule has 0 saturated carbocycles. The molecule has 0 spiro atoms. The van der Waals surface area contributed by atoms with Crippen LogP contribution in [0.3, 0.4) is 0 Å². The summed E-state index contributed by atoms with van der Waals surface area (Å²) in [5.74, 6) is 0.657. The first-order valence-electron chi connectivity index (χ1n) is 10.4. The Morgan fingerprint density at radius 3 is 2.37 bits per heavy atom. The Balaban J connectivity index is 1.63. The maximum absolute atomic E-state index is 14.0. The molecule has 0 fully saturated rings. The molecule has 3 aromatic rings. The zero-order valence-corrected chi connectivity index (χ0v) is 19.7. The molecular formula is C23H22ClF3N4O4. The monoisotopic (exact) mass is 510 g/mol. The van der Waals surface area contributed by atoms with Gasteiger partial charge in [0.2, 0.25) is 0 Å². The Bertz CT molecular complexity index is 1250. The second kappa shape index (κ2) is 9.57. The van der Waals surface area contributed by atoms with Crippen LogP contribution in [0.1, 0.15) is 34.6 Å². The van der Waals surface area contributed by atoms with E-state index in [1.807, 2.05) is 0 Å². The van der Waals surface area contributed by atoms with E-state index in [0.29, 0.717) is 28.5 Å². The molecule has 0 unspecified atom stereocenters. The number of ether oxygens (including phenoxy) is 3. The van der Waals surface area contributed by atoms with E-state index < -0.39 is 24.2 Å². The van der Waals surface area contributed by atoms with Gasteiger partial charge >= 0.3 is 6.18 Å². The number of alkyl halides is 3. The molecule has 0 aliphatic carbocycles. The molecule has 12 heteroatoms. The quantitative estimate of drug-likeness (QED) is 0.457. The van der Waals surface area contributed by atoms with Crippen molar-refractivity contribution in [2.75, 3.05) is 32.0 Å². The van der Waals surface area contributed by atoms with Gasteiger partial charge in [-0.05, 0) is 35.9 Å². The Hall–Kier alpha value is -3.60. The molecule has 1 amide bonds. The zero-order valence-electron chi connectivity index (χ0n) is 18.9. The number of aromatic nitrogens is 2. The van der Waals surface area contributed by atoms with Gasteiger partial charge in [-0.25, -0.2) is 4.68 Å². The molecule has 35 heavy (non-hydrogen) atoms. The van der Waals surface area contributed by atoms with E-state index in [2.05, 4.69) is 15.7 Å². The Morgan fingerprint density at radius 1 is 1.06 bits per heavy atom. The van der Waals surface area contributed by atoms with Crippen molar-refractivity contribution < 1.29 is 32.2 Å². The van der Waals surface area contributed by atoms with Crippen LogP contribution in [0.4, 0.5) is 24.7 Å². The van der Waals surface area contributed by atoms with Gasteiger partial charge < -0.3 is 24.8 Å². The summed E-state index contributed by atoms with van der Waals surface area (Å²) >= 11 is 6.08. The smallest absolute Gasteiger partial charge is 0.410 e. The van der Waals surface area contributed by atoms with E-state index in [9.17, 15) is 18.0 Å². The number of nitrogens with zero attached hydrogens (tertiary/aromatic N) is 2. The molecular weight excluding hydrogens is 489 g/mol. The molecule has 8 nitrogen and oxygen atoms in total. The SMILES string of the molecule is COc1ccc(NC(=O)c2cc3n(n2)[C@@H](C(F)(F)F)C[C@H](c2ccc(OC)c(OC)c2)N3)cc1Cl. The number of nitrogens with one attached hydrogen (secondary N) is 2. The molecule has 2 atom stereocenters. The maximum atomic E-state index is 14.0. The van der Waals surface area contributed by atoms with Gasteiger partial charge in [0.1, 0.15) is 11.6 Å². The molecule has 186 valence electrons. The Kier molecular flexibility index (Phi) is 6.70. The lowest BCUT2D eigenvalue weighted by Crippen LogP contribution is -2.35. The van der Waals surface area contributed by atoms with Crippen LogP contribution in [-0.4, -0.2) is 43.2 Å². The number of hydrogen-bond donors (Lipinski definition) is 2. The van der Waals surface area contributed by atoms with Crippen LogP contribution < -0.4 is 24.8 Å². The van der Waals surface area contributed by atoms with Crippen molar-refractivity contribution in [3.05, 3.63) is 58.7 Å². The summed E-state index contributed by atoms with van der Waals surface area (Å²) in [6.07, 6.45) is -4.92. The van der Waals surface area contributed by atoms with Crippen LogP contribution in [0, 0.1) is 0 Å². The molecule has 2 aromatic carbocycles. The molecule has 1 aromatic heterocycles. The van der Waals surface area contributed by atoms with Gasteiger partial charge in [-0.3, -0.25) is 4.79 Å². The van der Waals surface area contributed by atoms with Crippen molar-refractivity contribution in [1.82, 2.24) is 9.78 Å². The second-order valence-corrected chi connectivity index (χ2v) is 8.17. The van der Waals surface area contributed by atoms with Gasteiger partial charge in [-0.15, -0.1) is 0 Å². The molecule has 1 aliphatic heterocycles. The predicted octanol–water partition coefficient (Wildman–Crippen LogP) is 5.47. The zero-order chi connectivity index (χ0) is 25.3. The van der Waals surface area contributed by atoms with Crippen LogP contribution in [0.5, 0.6) is 17.2 Å². The van der Waals surface area contributed by atoms with Crippen LogP contribution in [0.2, 0.25) is 5.02 Å². The Morgan fingerprint density at radius 2 is 1.74 bits per heavy atom. The number of rotatable bonds is 6. The molecule has 2 N–H and O–H groups in total. The highest BCUT2D eigenvalue weighted by Gasteiger charge is 2.47. The van der Waals surface area contributed by atoms with Gasteiger partial charge in [0, 0.05) is 18.2 Å². The number of halogens is 4. The van der Waals surface area contributed by atoms with Crippen molar-refractivity contribution in [2.24, 2.45) is 0 Å². The number of anilines is 2. The van der Waals surface area contributed by atoms with Gasteiger partial charge in [0.05, 0.1) is 32.4 Å². The van der Waals surface area contributed by atoms with Crippen molar-refractivity contribution >= 4 is 29.0 Å². The summed E-state index contributed by atoms with van der Waals surface area (Å²) in [6, 6.07) is 8.15. The van der Waals surface area contributed by atoms with Crippen molar-refractivity contribution in [3.8, 4) is 17.2 Å². The van der Waals surface area contributed by atoms with E-state index in [1.54, 1.807) is 30.3 Å². The number of carbonyl (C=O) groups excluding carboxylic acids is 1. The van der Waals surface area contributed by atoms with Crippen LogP contribution in [0.15, 0.2) is 42.5 Å². The lowest BCUT2D eigenvalue weighted by molar-refractivity contribution is -0.173. The van der Waals surface area contributed by atoms with Crippen LogP contribution >= 0.6 is 11.6 Å². The fourth-order valence-corrected chi connectivity index (χ4v) is 4.17. The first-order chi connectivity index (χ1) is 16.6. The lowest BCUT2D eigenvalue weighted by Gasteiger charge is -2.33.